The topological polar surface area (TPSA) is 95.9 Å². The van der Waals surface area contributed by atoms with Crippen molar-refractivity contribution in [3.63, 3.8) is 0 Å². The van der Waals surface area contributed by atoms with Crippen molar-refractivity contribution in [2.24, 2.45) is 4.99 Å². The normalized spacial score (nSPS) is 24.3. The second-order valence-electron chi connectivity index (χ2n) is 10.7. The van der Waals surface area contributed by atoms with Gasteiger partial charge in [-0.15, -0.1) is 0 Å². The number of fused-ring (bicyclic) bond motifs is 1. The lowest BCUT2D eigenvalue weighted by Gasteiger charge is -2.45. The molecule has 3 aromatic rings. The molecule has 0 aromatic heterocycles. The van der Waals surface area contributed by atoms with Gasteiger partial charge in [-0.2, -0.15) is 8.42 Å². The zero-order valence-electron chi connectivity index (χ0n) is 24.5. The molecular weight excluding hydrogens is 588 g/mol. The van der Waals surface area contributed by atoms with E-state index in [0.717, 1.165) is 28.1 Å². The Kier molecular flexibility index (Phi) is 10.9. The first-order chi connectivity index (χ1) is 20.8. The summed E-state index contributed by atoms with van der Waals surface area (Å²) in [6.07, 6.45) is -1.65. The molecule has 0 aliphatic carbocycles. The zero-order valence-corrected chi connectivity index (χ0v) is 26.2. The quantitative estimate of drug-likeness (QED) is 0.255. The van der Waals surface area contributed by atoms with Crippen LogP contribution in [-0.4, -0.2) is 81.3 Å². The Bertz CT molecular complexity index is 1430. The van der Waals surface area contributed by atoms with Crippen molar-refractivity contribution in [2.75, 3.05) is 27.0 Å². The van der Waals surface area contributed by atoms with Crippen molar-refractivity contribution in [3.8, 4) is 0 Å². The third-order valence-electron chi connectivity index (χ3n) is 7.11. The summed E-state index contributed by atoms with van der Waals surface area (Å²) in [6, 6.07) is 29.1. The second-order valence-corrected chi connectivity index (χ2v) is 13.4. The van der Waals surface area contributed by atoms with Gasteiger partial charge in [0.15, 0.2) is 5.17 Å². The number of benzene rings is 3. The Balaban J connectivity index is 1.48. The second kappa shape index (κ2) is 14.8. The lowest BCUT2D eigenvalue weighted by atomic mass is 9.94. The maximum atomic E-state index is 12.1. The Morgan fingerprint density at radius 3 is 1.84 bits per heavy atom. The van der Waals surface area contributed by atoms with E-state index in [0.29, 0.717) is 13.2 Å². The number of hydrogen-bond acceptors (Lipinski definition) is 10. The van der Waals surface area contributed by atoms with E-state index in [2.05, 4.69) is 0 Å². The first kappa shape index (κ1) is 31.6. The monoisotopic (exact) mass is 626 g/mol. The van der Waals surface area contributed by atoms with E-state index < -0.39 is 34.5 Å². The van der Waals surface area contributed by atoms with Crippen LogP contribution in [0, 0.1) is 0 Å². The van der Waals surface area contributed by atoms with Crippen molar-refractivity contribution < 1.29 is 31.5 Å². The smallest absolute Gasteiger partial charge is 0.264 e. The van der Waals surface area contributed by atoms with Gasteiger partial charge in [0.1, 0.15) is 35.9 Å². The third-order valence-corrected chi connectivity index (χ3v) is 8.98. The van der Waals surface area contributed by atoms with Crippen LogP contribution >= 0.6 is 11.8 Å². The Morgan fingerprint density at radius 1 is 0.814 bits per heavy atom. The number of nitrogens with zero attached hydrogens (tertiary/aromatic N) is 2. The maximum Gasteiger partial charge on any atom is 0.264 e. The fourth-order valence-electron chi connectivity index (χ4n) is 4.99. The summed E-state index contributed by atoms with van der Waals surface area (Å²) >= 11 is 1.51. The maximum absolute atomic E-state index is 12.1. The van der Waals surface area contributed by atoms with Gasteiger partial charge in [0.25, 0.3) is 10.1 Å². The Morgan fingerprint density at radius 2 is 1.33 bits per heavy atom. The van der Waals surface area contributed by atoms with E-state index in [-0.39, 0.29) is 24.7 Å². The number of thioether (sulfide) groups is 1. The average Bonchev–Trinajstić information content (AvgIpc) is 3.44. The van der Waals surface area contributed by atoms with Crippen molar-refractivity contribution >= 4 is 27.0 Å². The van der Waals surface area contributed by atoms with Crippen molar-refractivity contribution in [1.29, 1.82) is 0 Å². The van der Waals surface area contributed by atoms with E-state index >= 15 is 0 Å². The first-order valence-electron chi connectivity index (χ1n) is 14.1. The fourth-order valence-corrected chi connectivity index (χ4v) is 6.51. The molecule has 43 heavy (non-hydrogen) atoms. The third kappa shape index (κ3) is 8.89. The number of rotatable bonds is 13. The molecule has 0 bridgehead atoms. The summed E-state index contributed by atoms with van der Waals surface area (Å²) in [7, 11) is 0.127. The SMILES string of the molecule is CN(C)C1=N[C@@H]2[C@@H](OCc3ccccc3)[C@H](OCc3ccccc3)[C@@H](C(COS(C)(=O)=O)OCc3ccccc3)O[C@@H]2S1. The minimum Gasteiger partial charge on any atom is -0.368 e. The lowest BCUT2D eigenvalue weighted by Crippen LogP contribution is -2.61. The summed E-state index contributed by atoms with van der Waals surface area (Å²) in [4.78, 5) is 6.94. The van der Waals surface area contributed by atoms with Crippen LogP contribution in [0.25, 0.3) is 0 Å². The molecule has 0 radical (unpaired) electrons. The Labute approximate surface area is 258 Å². The molecule has 2 aliphatic rings. The van der Waals surface area contributed by atoms with Gasteiger partial charge in [0.2, 0.25) is 0 Å². The van der Waals surface area contributed by atoms with Gasteiger partial charge >= 0.3 is 0 Å². The first-order valence-corrected chi connectivity index (χ1v) is 16.8. The van der Waals surface area contributed by atoms with Crippen LogP contribution in [0.4, 0.5) is 0 Å². The molecule has 1 unspecified atom stereocenters. The summed E-state index contributed by atoms with van der Waals surface area (Å²) in [5.74, 6) is 0. The summed E-state index contributed by atoms with van der Waals surface area (Å²) in [5, 5.41) is 0.819. The molecule has 2 aliphatic heterocycles. The average molecular weight is 627 g/mol. The molecule has 3 aromatic carbocycles. The number of aliphatic imine (C=N–C) groups is 1. The van der Waals surface area contributed by atoms with E-state index in [1.54, 1.807) is 0 Å². The summed E-state index contributed by atoms with van der Waals surface area (Å²) in [5.41, 5.74) is 2.55. The largest absolute Gasteiger partial charge is 0.368 e. The van der Waals surface area contributed by atoms with Crippen molar-refractivity contribution in [2.45, 2.75) is 55.7 Å². The van der Waals surface area contributed by atoms with Crippen LogP contribution in [0.1, 0.15) is 16.7 Å². The molecule has 0 saturated carbocycles. The van der Waals surface area contributed by atoms with Gasteiger partial charge in [-0.1, -0.05) is 103 Å². The number of amidine groups is 1. The minimum atomic E-state index is -3.75. The lowest BCUT2D eigenvalue weighted by molar-refractivity contribution is -0.231. The molecule has 0 spiro atoms. The zero-order chi connectivity index (χ0) is 30.2. The molecule has 9 nitrogen and oxygen atoms in total. The van der Waals surface area contributed by atoms with E-state index in [9.17, 15) is 8.42 Å². The standard InChI is InChI=1S/C32H38N2O7S2/c1-34(2)32-33-27-29(38-20-24-15-9-5-10-16-24)30(39-21-25-17-11-6-12-18-25)28(41-31(27)42-32)26(22-40-43(3,35)36)37-19-23-13-7-4-8-14-23/h4-18,26-31H,19-22H2,1-3H3/t26?,27-,28-,29-,30-,31-/m1/s1. The molecular formula is C32H38N2O7S2. The summed E-state index contributed by atoms with van der Waals surface area (Å²) < 4.78 is 55.9. The van der Waals surface area contributed by atoms with E-state index in [1.807, 2.05) is 110 Å². The van der Waals surface area contributed by atoms with Crippen LogP contribution in [0.3, 0.4) is 0 Å². The molecule has 1 fully saturated rings. The molecule has 5 rings (SSSR count). The molecule has 11 heteroatoms. The predicted octanol–water partition coefficient (Wildman–Crippen LogP) is 4.48. The van der Waals surface area contributed by atoms with Crippen LogP contribution in [-0.2, 0) is 53.1 Å². The molecule has 0 N–H and O–H groups in total. The van der Waals surface area contributed by atoms with Crippen LogP contribution in [0.15, 0.2) is 96.0 Å². The van der Waals surface area contributed by atoms with E-state index in [4.69, 9.17) is 28.1 Å². The fraction of sp³-hybridized carbons (Fsp3) is 0.406. The van der Waals surface area contributed by atoms with Gasteiger partial charge in [-0.05, 0) is 16.7 Å². The minimum absolute atomic E-state index is 0.236. The highest BCUT2D eigenvalue weighted by molar-refractivity contribution is 8.14. The van der Waals surface area contributed by atoms with Gasteiger partial charge in [-0.25, -0.2) is 0 Å². The van der Waals surface area contributed by atoms with Crippen molar-refractivity contribution in [1.82, 2.24) is 4.90 Å². The van der Waals surface area contributed by atoms with Crippen LogP contribution in [0.5, 0.6) is 0 Å². The van der Waals surface area contributed by atoms with Gasteiger partial charge in [0.05, 0.1) is 32.7 Å². The molecule has 2 heterocycles. The summed E-state index contributed by atoms with van der Waals surface area (Å²) in [6.45, 7) is 0.639. The van der Waals surface area contributed by atoms with Gasteiger partial charge in [-0.3, -0.25) is 9.18 Å². The van der Waals surface area contributed by atoms with Crippen LogP contribution in [0.2, 0.25) is 0 Å². The van der Waals surface area contributed by atoms with Gasteiger partial charge in [0, 0.05) is 14.1 Å². The molecule has 0 amide bonds. The Hall–Kier alpha value is -2.77. The number of hydrogen-bond donors (Lipinski definition) is 0. The van der Waals surface area contributed by atoms with Gasteiger partial charge < -0.3 is 23.8 Å². The highest BCUT2D eigenvalue weighted by atomic mass is 32.2. The number of ether oxygens (including phenoxy) is 4. The highest BCUT2D eigenvalue weighted by Crippen LogP contribution is 2.41. The van der Waals surface area contributed by atoms with Crippen molar-refractivity contribution in [3.05, 3.63) is 108 Å². The molecule has 1 saturated heterocycles. The predicted molar refractivity (Wildman–Crippen MR) is 167 cm³/mol. The molecule has 230 valence electrons. The van der Waals surface area contributed by atoms with Crippen LogP contribution < -0.4 is 0 Å². The van der Waals surface area contributed by atoms with E-state index in [1.165, 1.54) is 11.8 Å². The molecule has 6 atom stereocenters. The highest BCUT2D eigenvalue weighted by Gasteiger charge is 2.53.